The van der Waals surface area contributed by atoms with Crippen LogP contribution in [0.2, 0.25) is 0 Å². The molecule has 0 amide bonds. The molecule has 1 aromatic rings. The molecule has 1 aromatic carbocycles. The Morgan fingerprint density at radius 2 is 1.54 bits per heavy atom. The second-order valence-corrected chi connectivity index (χ2v) is 4.32. The number of hydroxylamine groups is 1. The number of hydrogen-bond donors (Lipinski definition) is 1. The summed E-state index contributed by atoms with van der Waals surface area (Å²) in [5.41, 5.74) is 1.78. The van der Waals surface area contributed by atoms with Crippen molar-refractivity contribution in [3.63, 3.8) is 0 Å². The van der Waals surface area contributed by atoms with Gasteiger partial charge in [-0.15, -0.1) is 0 Å². The molecule has 0 fully saturated rings. The Morgan fingerprint density at radius 1 is 1.08 bits per heavy atom. The van der Waals surface area contributed by atoms with Crippen molar-refractivity contribution in [2.45, 2.75) is 33.2 Å². The fourth-order valence-electron chi connectivity index (χ4n) is 1.07. The summed E-state index contributed by atoms with van der Waals surface area (Å²) >= 11 is 0. The van der Waals surface area contributed by atoms with Crippen LogP contribution in [0.25, 0.3) is 0 Å². The van der Waals surface area contributed by atoms with Gasteiger partial charge in [-0.1, -0.05) is 17.7 Å². The highest BCUT2D eigenvalue weighted by Gasteiger charge is 2.19. The maximum absolute atomic E-state index is 9.78. The molecule has 2 heteroatoms. The molecule has 0 aliphatic heterocycles. The van der Waals surface area contributed by atoms with Crippen LogP contribution in [0, 0.1) is 6.92 Å². The van der Waals surface area contributed by atoms with Crippen molar-refractivity contribution in [1.82, 2.24) is 0 Å². The number of nitrogens with zero attached hydrogens (tertiary/aromatic N) is 1. The molecule has 0 aliphatic carbocycles. The van der Waals surface area contributed by atoms with E-state index >= 15 is 0 Å². The topological polar surface area (TPSA) is 23.5 Å². The Hall–Kier alpha value is -1.02. The van der Waals surface area contributed by atoms with Crippen molar-refractivity contribution in [1.29, 1.82) is 0 Å². The summed E-state index contributed by atoms with van der Waals surface area (Å²) in [6.45, 7) is 7.93. The Labute approximate surface area is 79.8 Å². The quantitative estimate of drug-likeness (QED) is 0.670. The fourth-order valence-corrected chi connectivity index (χ4v) is 1.07. The van der Waals surface area contributed by atoms with Crippen LogP contribution < -0.4 is 5.06 Å². The van der Waals surface area contributed by atoms with Gasteiger partial charge in [0, 0.05) is 0 Å². The third-order valence-corrected chi connectivity index (χ3v) is 1.91. The van der Waals surface area contributed by atoms with Crippen molar-refractivity contribution in [3.8, 4) is 0 Å². The first kappa shape index (κ1) is 10.1. The van der Waals surface area contributed by atoms with Crippen molar-refractivity contribution < 1.29 is 5.21 Å². The van der Waals surface area contributed by atoms with Crippen molar-refractivity contribution in [2.75, 3.05) is 5.06 Å². The fraction of sp³-hybridized carbons (Fsp3) is 0.455. The lowest BCUT2D eigenvalue weighted by molar-refractivity contribution is 0.181. The van der Waals surface area contributed by atoms with Crippen LogP contribution in [-0.4, -0.2) is 10.7 Å². The summed E-state index contributed by atoms with van der Waals surface area (Å²) in [7, 11) is 0. The van der Waals surface area contributed by atoms with Gasteiger partial charge in [-0.3, -0.25) is 10.3 Å². The molecular weight excluding hydrogens is 162 g/mol. The van der Waals surface area contributed by atoms with E-state index in [9.17, 15) is 5.21 Å². The van der Waals surface area contributed by atoms with E-state index in [1.807, 2.05) is 52.0 Å². The largest absolute Gasteiger partial charge is 0.288 e. The third-order valence-electron chi connectivity index (χ3n) is 1.91. The summed E-state index contributed by atoms with van der Waals surface area (Å²) in [6.07, 6.45) is 0. The molecule has 0 atom stereocenters. The standard InChI is InChI=1S/C11H17NO/c1-9-5-7-10(8-6-9)12(13)11(2,3)4/h5-8,13H,1-4H3. The Balaban J connectivity index is 2.90. The molecule has 0 saturated carbocycles. The molecule has 0 aliphatic rings. The minimum Gasteiger partial charge on any atom is -0.288 e. The third kappa shape index (κ3) is 2.46. The molecular formula is C11H17NO. The van der Waals surface area contributed by atoms with Gasteiger partial charge in [-0.05, 0) is 39.8 Å². The van der Waals surface area contributed by atoms with Gasteiger partial charge in [-0.25, -0.2) is 0 Å². The molecule has 0 unspecified atom stereocenters. The first-order valence-electron chi connectivity index (χ1n) is 4.47. The first-order valence-corrected chi connectivity index (χ1v) is 4.47. The van der Waals surface area contributed by atoms with Crippen molar-refractivity contribution >= 4 is 5.69 Å². The molecule has 1 rings (SSSR count). The van der Waals surface area contributed by atoms with Gasteiger partial charge >= 0.3 is 0 Å². The summed E-state index contributed by atoms with van der Waals surface area (Å²) < 4.78 is 0. The zero-order valence-corrected chi connectivity index (χ0v) is 8.70. The van der Waals surface area contributed by atoms with Crippen LogP contribution in [0.4, 0.5) is 5.69 Å². The van der Waals surface area contributed by atoms with Crippen LogP contribution in [0.5, 0.6) is 0 Å². The molecule has 0 spiro atoms. The summed E-state index contributed by atoms with van der Waals surface area (Å²) in [5.74, 6) is 0. The number of benzene rings is 1. The Morgan fingerprint density at radius 3 is 1.92 bits per heavy atom. The van der Waals surface area contributed by atoms with Gasteiger partial charge in [0.1, 0.15) is 0 Å². The van der Waals surface area contributed by atoms with Gasteiger partial charge in [-0.2, -0.15) is 0 Å². The van der Waals surface area contributed by atoms with Crippen LogP contribution in [0.15, 0.2) is 24.3 Å². The zero-order valence-electron chi connectivity index (χ0n) is 8.70. The average molecular weight is 179 g/mol. The van der Waals surface area contributed by atoms with Crippen LogP contribution in [0.1, 0.15) is 26.3 Å². The van der Waals surface area contributed by atoms with E-state index in [0.717, 1.165) is 5.69 Å². The SMILES string of the molecule is Cc1ccc(N(O)C(C)(C)C)cc1. The van der Waals surface area contributed by atoms with Gasteiger partial charge in [0.05, 0.1) is 11.2 Å². The maximum Gasteiger partial charge on any atom is 0.0640 e. The van der Waals surface area contributed by atoms with Crippen LogP contribution in [0.3, 0.4) is 0 Å². The lowest BCUT2D eigenvalue weighted by Crippen LogP contribution is -2.38. The van der Waals surface area contributed by atoms with Crippen LogP contribution >= 0.6 is 0 Å². The molecule has 0 radical (unpaired) electrons. The summed E-state index contributed by atoms with van der Waals surface area (Å²) in [5, 5.41) is 11.1. The van der Waals surface area contributed by atoms with E-state index in [-0.39, 0.29) is 5.54 Å². The van der Waals surface area contributed by atoms with E-state index < -0.39 is 0 Å². The smallest absolute Gasteiger partial charge is 0.0640 e. The molecule has 13 heavy (non-hydrogen) atoms. The van der Waals surface area contributed by atoms with Gasteiger partial charge in [0.15, 0.2) is 0 Å². The van der Waals surface area contributed by atoms with E-state index in [2.05, 4.69) is 0 Å². The van der Waals surface area contributed by atoms with Crippen molar-refractivity contribution in [2.24, 2.45) is 0 Å². The minimum absolute atomic E-state index is 0.255. The number of rotatable bonds is 1. The normalized spacial score (nSPS) is 11.5. The predicted molar refractivity (Wildman–Crippen MR) is 55.2 cm³/mol. The average Bonchev–Trinajstić information content (AvgIpc) is 2.03. The monoisotopic (exact) mass is 179 g/mol. The van der Waals surface area contributed by atoms with E-state index in [0.29, 0.717) is 0 Å². The number of hydrogen-bond acceptors (Lipinski definition) is 2. The van der Waals surface area contributed by atoms with Crippen molar-refractivity contribution in [3.05, 3.63) is 29.8 Å². The summed E-state index contributed by atoms with van der Waals surface area (Å²) in [4.78, 5) is 0. The van der Waals surface area contributed by atoms with Gasteiger partial charge in [0.25, 0.3) is 0 Å². The zero-order chi connectivity index (χ0) is 10.1. The highest BCUT2D eigenvalue weighted by atomic mass is 16.5. The molecule has 0 heterocycles. The summed E-state index contributed by atoms with van der Waals surface area (Å²) in [6, 6.07) is 7.82. The molecule has 0 aromatic heterocycles. The molecule has 2 nitrogen and oxygen atoms in total. The molecule has 72 valence electrons. The van der Waals surface area contributed by atoms with Gasteiger partial charge < -0.3 is 0 Å². The van der Waals surface area contributed by atoms with Gasteiger partial charge in [0.2, 0.25) is 0 Å². The lowest BCUT2D eigenvalue weighted by Gasteiger charge is -2.31. The minimum atomic E-state index is -0.255. The van der Waals surface area contributed by atoms with E-state index in [1.165, 1.54) is 10.6 Å². The van der Waals surface area contributed by atoms with E-state index in [1.54, 1.807) is 0 Å². The Kier molecular flexibility index (Phi) is 2.62. The lowest BCUT2D eigenvalue weighted by atomic mass is 10.1. The predicted octanol–water partition coefficient (Wildman–Crippen LogP) is 2.99. The van der Waals surface area contributed by atoms with E-state index in [4.69, 9.17) is 0 Å². The number of anilines is 1. The van der Waals surface area contributed by atoms with Crippen LogP contribution in [-0.2, 0) is 0 Å². The molecule has 0 bridgehead atoms. The highest BCUT2D eigenvalue weighted by molar-refractivity contribution is 5.46. The molecule has 1 N–H and O–H groups in total. The second-order valence-electron chi connectivity index (χ2n) is 4.32. The maximum atomic E-state index is 9.78. The number of aryl methyl sites for hydroxylation is 1. The highest BCUT2D eigenvalue weighted by Crippen LogP contribution is 2.21. The second kappa shape index (κ2) is 3.38. The first-order chi connectivity index (χ1) is 5.91. The molecule has 0 saturated heterocycles. The Bertz CT molecular complexity index is 271.